The van der Waals surface area contributed by atoms with Gasteiger partial charge in [0.2, 0.25) is 0 Å². The smallest absolute Gasteiger partial charge is 0.313 e. The lowest BCUT2D eigenvalue weighted by Crippen LogP contribution is -2.04. The molecule has 0 radical (unpaired) electrons. The lowest BCUT2D eigenvalue weighted by atomic mass is 10.4. The fourth-order valence-corrected chi connectivity index (χ4v) is 2.88. The van der Waals surface area contributed by atoms with Gasteiger partial charge in [0.1, 0.15) is 5.69 Å². The van der Waals surface area contributed by atoms with Crippen LogP contribution < -0.4 is 0 Å². The lowest BCUT2D eigenvalue weighted by molar-refractivity contribution is -0.133. The van der Waals surface area contributed by atoms with Crippen LogP contribution in [-0.4, -0.2) is 36.6 Å². The van der Waals surface area contributed by atoms with Gasteiger partial charge in [-0.05, 0) is 13.3 Å². The average Bonchev–Trinajstić information content (AvgIpc) is 2.94. The predicted molar refractivity (Wildman–Crippen MR) is 74.5 cm³/mol. The Balaban J connectivity index is 2.31. The van der Waals surface area contributed by atoms with E-state index >= 15 is 0 Å². The van der Waals surface area contributed by atoms with Gasteiger partial charge in [0.05, 0.1) is 10.8 Å². The Labute approximate surface area is 118 Å². The van der Waals surface area contributed by atoms with E-state index in [1.54, 1.807) is 11.3 Å². The summed E-state index contributed by atoms with van der Waals surface area (Å²) in [6.45, 7) is 4.75. The molecule has 0 aliphatic carbocycles. The van der Waals surface area contributed by atoms with E-state index in [1.165, 1.54) is 11.8 Å². The van der Waals surface area contributed by atoms with E-state index in [1.807, 2.05) is 16.9 Å². The van der Waals surface area contributed by atoms with E-state index in [0.717, 1.165) is 23.7 Å². The van der Waals surface area contributed by atoms with Crippen molar-refractivity contribution < 1.29 is 9.90 Å². The Morgan fingerprint density at radius 1 is 1.53 bits per heavy atom. The first kappa shape index (κ1) is 14.0. The van der Waals surface area contributed by atoms with Crippen molar-refractivity contribution >= 4 is 29.1 Å². The van der Waals surface area contributed by atoms with Crippen molar-refractivity contribution in [3.63, 3.8) is 0 Å². The van der Waals surface area contributed by atoms with E-state index < -0.39 is 5.97 Å². The second-order valence-corrected chi connectivity index (χ2v) is 5.90. The summed E-state index contributed by atoms with van der Waals surface area (Å²) in [7, 11) is 0. The zero-order chi connectivity index (χ0) is 13.8. The molecule has 6 nitrogen and oxygen atoms in total. The van der Waals surface area contributed by atoms with Gasteiger partial charge >= 0.3 is 5.97 Å². The Morgan fingerprint density at radius 2 is 2.32 bits per heavy atom. The van der Waals surface area contributed by atoms with Gasteiger partial charge in [0.25, 0.3) is 0 Å². The second kappa shape index (κ2) is 6.16. The summed E-state index contributed by atoms with van der Waals surface area (Å²) in [5.74, 6) is -0.168. The van der Waals surface area contributed by atoms with Crippen molar-refractivity contribution in [2.45, 2.75) is 32.0 Å². The summed E-state index contributed by atoms with van der Waals surface area (Å²) >= 11 is 2.74. The van der Waals surface area contributed by atoms with E-state index in [2.05, 4.69) is 22.1 Å². The Morgan fingerprint density at radius 3 is 2.89 bits per heavy atom. The molecule has 0 saturated carbocycles. The fraction of sp³-hybridized carbons (Fsp3) is 0.455. The number of aryl methyl sites for hydroxylation is 1. The Bertz CT molecular complexity index is 579. The van der Waals surface area contributed by atoms with Crippen LogP contribution in [0.5, 0.6) is 0 Å². The van der Waals surface area contributed by atoms with Crippen molar-refractivity contribution in [3.05, 3.63) is 10.4 Å². The third-order valence-corrected chi connectivity index (χ3v) is 4.06. The zero-order valence-electron chi connectivity index (χ0n) is 10.7. The number of rotatable bonds is 6. The number of carboxylic acids is 1. The molecule has 2 rings (SSSR count). The summed E-state index contributed by atoms with van der Waals surface area (Å²) < 4.78 is 1.93. The maximum atomic E-state index is 10.6. The molecule has 8 heteroatoms. The molecule has 2 aromatic heterocycles. The Kier molecular flexibility index (Phi) is 4.54. The van der Waals surface area contributed by atoms with Crippen LogP contribution in [0.25, 0.3) is 11.5 Å². The van der Waals surface area contributed by atoms with Crippen LogP contribution in [0.3, 0.4) is 0 Å². The molecule has 0 aliphatic heterocycles. The van der Waals surface area contributed by atoms with Crippen LogP contribution in [-0.2, 0) is 11.3 Å². The molecule has 0 unspecified atom stereocenters. The van der Waals surface area contributed by atoms with Gasteiger partial charge in [-0.15, -0.1) is 21.5 Å². The lowest BCUT2D eigenvalue weighted by Gasteiger charge is -2.06. The van der Waals surface area contributed by atoms with Gasteiger partial charge in [-0.3, -0.25) is 4.79 Å². The highest BCUT2D eigenvalue weighted by Crippen LogP contribution is 2.25. The molecular weight excluding hydrogens is 284 g/mol. The van der Waals surface area contributed by atoms with Gasteiger partial charge < -0.3 is 9.67 Å². The highest BCUT2D eigenvalue weighted by molar-refractivity contribution is 7.99. The molecule has 1 N–H and O–H groups in total. The van der Waals surface area contributed by atoms with Crippen molar-refractivity contribution in [2.24, 2.45) is 0 Å². The number of carbonyl (C=O) groups is 1. The second-order valence-electron chi connectivity index (χ2n) is 3.89. The summed E-state index contributed by atoms with van der Waals surface area (Å²) in [6, 6.07) is 0. The first-order valence-corrected chi connectivity index (χ1v) is 7.68. The Hall–Kier alpha value is -1.41. The summed E-state index contributed by atoms with van der Waals surface area (Å²) in [5, 5.41) is 20.5. The van der Waals surface area contributed by atoms with Crippen molar-refractivity contribution in [1.29, 1.82) is 0 Å². The maximum Gasteiger partial charge on any atom is 0.313 e. The molecule has 2 heterocycles. The number of hydrogen-bond acceptors (Lipinski definition) is 6. The van der Waals surface area contributed by atoms with Crippen molar-refractivity contribution in [1.82, 2.24) is 19.7 Å². The monoisotopic (exact) mass is 298 g/mol. The largest absolute Gasteiger partial charge is 0.481 e. The first-order chi connectivity index (χ1) is 9.11. The SMILES string of the molecule is CCCn1c(SCC(=O)O)nnc1-c1csc(C)n1. The van der Waals surface area contributed by atoms with Crippen LogP contribution in [0, 0.1) is 6.92 Å². The minimum Gasteiger partial charge on any atom is -0.481 e. The van der Waals surface area contributed by atoms with Gasteiger partial charge in [-0.25, -0.2) is 4.98 Å². The maximum absolute atomic E-state index is 10.6. The van der Waals surface area contributed by atoms with Crippen LogP contribution in [0.1, 0.15) is 18.4 Å². The van der Waals surface area contributed by atoms with Gasteiger partial charge in [-0.2, -0.15) is 0 Å². The molecule has 0 saturated heterocycles. The molecule has 0 aromatic carbocycles. The normalized spacial score (nSPS) is 10.8. The minimum atomic E-state index is -0.859. The van der Waals surface area contributed by atoms with E-state index in [0.29, 0.717) is 11.0 Å². The third kappa shape index (κ3) is 3.32. The summed E-state index contributed by atoms with van der Waals surface area (Å²) in [5.41, 5.74) is 0.797. The number of nitrogens with zero attached hydrogens (tertiary/aromatic N) is 4. The van der Waals surface area contributed by atoms with Crippen LogP contribution in [0.15, 0.2) is 10.5 Å². The molecule has 19 heavy (non-hydrogen) atoms. The topological polar surface area (TPSA) is 80.9 Å². The molecule has 0 bridgehead atoms. The number of thiazole rings is 1. The van der Waals surface area contributed by atoms with Crippen LogP contribution in [0.2, 0.25) is 0 Å². The quantitative estimate of drug-likeness (QED) is 0.824. The molecule has 0 atom stereocenters. The van der Waals surface area contributed by atoms with Crippen LogP contribution in [0.4, 0.5) is 0 Å². The highest BCUT2D eigenvalue weighted by Gasteiger charge is 2.16. The van der Waals surface area contributed by atoms with Crippen molar-refractivity contribution in [2.75, 3.05) is 5.75 Å². The zero-order valence-corrected chi connectivity index (χ0v) is 12.3. The summed E-state index contributed by atoms with van der Waals surface area (Å²) in [6.07, 6.45) is 0.925. The van der Waals surface area contributed by atoms with E-state index in [-0.39, 0.29) is 5.75 Å². The fourth-order valence-electron chi connectivity index (χ4n) is 1.60. The number of carboxylic acid groups (broad SMARTS) is 1. The van der Waals surface area contributed by atoms with Gasteiger partial charge in [0, 0.05) is 11.9 Å². The molecule has 0 spiro atoms. The van der Waals surface area contributed by atoms with Gasteiger partial charge in [-0.1, -0.05) is 18.7 Å². The minimum absolute atomic E-state index is 0.0159. The number of aliphatic carboxylic acids is 1. The van der Waals surface area contributed by atoms with Crippen LogP contribution >= 0.6 is 23.1 Å². The third-order valence-electron chi connectivity index (χ3n) is 2.34. The molecule has 0 aliphatic rings. The molecule has 0 amide bonds. The molecule has 102 valence electrons. The molecular formula is C11H14N4O2S2. The van der Waals surface area contributed by atoms with Crippen molar-refractivity contribution in [3.8, 4) is 11.5 Å². The number of thioether (sulfide) groups is 1. The molecule has 0 fully saturated rings. The first-order valence-electron chi connectivity index (χ1n) is 5.82. The average molecular weight is 298 g/mol. The van der Waals surface area contributed by atoms with E-state index in [4.69, 9.17) is 5.11 Å². The van der Waals surface area contributed by atoms with E-state index in [9.17, 15) is 4.79 Å². The molecule has 2 aromatic rings. The van der Waals surface area contributed by atoms with Gasteiger partial charge in [0.15, 0.2) is 11.0 Å². The summed E-state index contributed by atoms with van der Waals surface area (Å²) in [4.78, 5) is 15.0. The predicted octanol–water partition coefficient (Wildman–Crippen LogP) is 2.30. The standard InChI is InChI=1S/C11H14N4O2S2/c1-3-4-15-10(8-5-18-7(2)12-8)13-14-11(15)19-6-9(16)17/h5H,3-4,6H2,1-2H3,(H,16,17). The number of aromatic nitrogens is 4. The number of hydrogen-bond donors (Lipinski definition) is 1. The highest BCUT2D eigenvalue weighted by atomic mass is 32.2.